The maximum Gasteiger partial charge on any atom is 0.323 e. The summed E-state index contributed by atoms with van der Waals surface area (Å²) in [6.07, 6.45) is 1.79. The molecule has 2 rings (SSSR count). The summed E-state index contributed by atoms with van der Waals surface area (Å²) in [4.78, 5) is 16.6. The van der Waals surface area contributed by atoms with Crippen LogP contribution in [-0.2, 0) is 0 Å². The van der Waals surface area contributed by atoms with E-state index in [-0.39, 0.29) is 18.3 Å². The molecule has 0 spiro atoms. The topological polar surface area (TPSA) is 80.9 Å². The monoisotopic (exact) mass is 249 g/mol. The number of imidazole rings is 1. The van der Waals surface area contributed by atoms with Gasteiger partial charge in [0.2, 0.25) is 0 Å². The van der Waals surface area contributed by atoms with E-state index in [1.54, 1.807) is 0 Å². The number of aromatic amines is 2. The summed E-state index contributed by atoms with van der Waals surface area (Å²) in [5.74, 6) is 0. The third-order valence-corrected chi connectivity index (χ3v) is 3.08. The Hall–Kier alpha value is -1.59. The van der Waals surface area contributed by atoms with Gasteiger partial charge in [0.05, 0.1) is 11.0 Å². The van der Waals surface area contributed by atoms with Crippen LogP contribution in [0.3, 0.4) is 0 Å². The van der Waals surface area contributed by atoms with Crippen LogP contribution in [0.15, 0.2) is 23.0 Å². The summed E-state index contributed by atoms with van der Waals surface area (Å²) >= 11 is 0. The minimum atomic E-state index is -0.175. The minimum Gasteiger partial charge on any atom is -0.396 e. The Labute approximate surface area is 105 Å². The zero-order valence-electron chi connectivity index (χ0n) is 10.5. The van der Waals surface area contributed by atoms with Crippen LogP contribution in [-0.4, -0.2) is 28.2 Å². The number of H-pyrrole nitrogens is 2. The van der Waals surface area contributed by atoms with Crippen molar-refractivity contribution in [3.8, 4) is 0 Å². The highest BCUT2D eigenvalue weighted by molar-refractivity contribution is 5.75. The second-order valence-electron chi connectivity index (χ2n) is 4.49. The quantitative estimate of drug-likeness (QED) is 0.582. The van der Waals surface area contributed by atoms with E-state index in [1.165, 1.54) is 0 Å². The molecule has 18 heavy (non-hydrogen) atoms. The average molecular weight is 249 g/mol. The standard InChI is InChI=1S/C13H19N3O2/c1-9(14-6-2-3-7-17)10-4-5-11-12(8-10)16-13(18)15-11/h4-5,8-9,14,17H,2-3,6-7H2,1H3,(H2,15,16,18). The van der Waals surface area contributed by atoms with Crippen LogP contribution < -0.4 is 11.0 Å². The number of hydrogen-bond donors (Lipinski definition) is 4. The van der Waals surface area contributed by atoms with Gasteiger partial charge in [-0.2, -0.15) is 0 Å². The molecule has 1 heterocycles. The Balaban J connectivity index is 2.03. The molecule has 0 amide bonds. The second-order valence-corrected chi connectivity index (χ2v) is 4.49. The van der Waals surface area contributed by atoms with Gasteiger partial charge in [-0.25, -0.2) is 4.79 Å². The molecular weight excluding hydrogens is 230 g/mol. The number of aromatic nitrogens is 2. The van der Waals surface area contributed by atoms with Gasteiger partial charge < -0.3 is 20.4 Å². The van der Waals surface area contributed by atoms with Crippen LogP contribution in [0.2, 0.25) is 0 Å². The van der Waals surface area contributed by atoms with Gasteiger partial charge in [-0.15, -0.1) is 0 Å². The van der Waals surface area contributed by atoms with Crippen molar-refractivity contribution in [1.82, 2.24) is 15.3 Å². The molecule has 98 valence electrons. The van der Waals surface area contributed by atoms with Crippen molar-refractivity contribution in [3.63, 3.8) is 0 Å². The Kier molecular flexibility index (Phi) is 4.17. The van der Waals surface area contributed by atoms with Gasteiger partial charge in [0.1, 0.15) is 0 Å². The largest absolute Gasteiger partial charge is 0.396 e. The molecule has 0 aliphatic heterocycles. The van der Waals surface area contributed by atoms with Gasteiger partial charge in [-0.05, 0) is 44.0 Å². The molecule has 1 atom stereocenters. The van der Waals surface area contributed by atoms with Crippen molar-refractivity contribution in [2.45, 2.75) is 25.8 Å². The predicted molar refractivity (Wildman–Crippen MR) is 71.7 cm³/mol. The Morgan fingerprint density at radius 1 is 1.28 bits per heavy atom. The van der Waals surface area contributed by atoms with Gasteiger partial charge in [-0.1, -0.05) is 6.07 Å². The lowest BCUT2D eigenvalue weighted by Crippen LogP contribution is -2.20. The maximum atomic E-state index is 11.2. The van der Waals surface area contributed by atoms with Crippen molar-refractivity contribution in [2.24, 2.45) is 0 Å². The number of hydrogen-bond acceptors (Lipinski definition) is 3. The Bertz CT molecular complexity index is 559. The Morgan fingerprint density at radius 3 is 2.83 bits per heavy atom. The summed E-state index contributed by atoms with van der Waals surface area (Å²) in [5.41, 5.74) is 2.63. The number of nitrogens with one attached hydrogen (secondary N) is 3. The van der Waals surface area contributed by atoms with E-state index in [1.807, 2.05) is 18.2 Å². The molecular formula is C13H19N3O2. The number of aliphatic hydroxyl groups excluding tert-OH is 1. The molecule has 0 saturated carbocycles. The van der Waals surface area contributed by atoms with Crippen LogP contribution in [0, 0.1) is 0 Å². The molecule has 0 radical (unpaired) electrons. The molecule has 1 aromatic carbocycles. The van der Waals surface area contributed by atoms with Crippen LogP contribution >= 0.6 is 0 Å². The molecule has 5 nitrogen and oxygen atoms in total. The van der Waals surface area contributed by atoms with Crippen molar-refractivity contribution < 1.29 is 5.11 Å². The van der Waals surface area contributed by atoms with E-state index < -0.39 is 0 Å². The van der Waals surface area contributed by atoms with E-state index in [0.717, 1.165) is 36.0 Å². The first-order valence-electron chi connectivity index (χ1n) is 6.27. The number of benzene rings is 1. The van der Waals surface area contributed by atoms with Crippen molar-refractivity contribution in [3.05, 3.63) is 34.2 Å². The molecule has 0 saturated heterocycles. The van der Waals surface area contributed by atoms with Gasteiger partial charge in [0, 0.05) is 12.6 Å². The SMILES string of the molecule is CC(NCCCCO)c1ccc2[nH]c(=O)[nH]c2c1. The third kappa shape index (κ3) is 3.00. The van der Waals surface area contributed by atoms with Gasteiger partial charge in [0.25, 0.3) is 0 Å². The maximum absolute atomic E-state index is 11.2. The average Bonchev–Trinajstić information content (AvgIpc) is 2.73. The smallest absolute Gasteiger partial charge is 0.323 e. The summed E-state index contributed by atoms with van der Waals surface area (Å²) in [6.45, 7) is 3.21. The zero-order valence-corrected chi connectivity index (χ0v) is 10.5. The first-order chi connectivity index (χ1) is 8.70. The molecule has 0 bridgehead atoms. The summed E-state index contributed by atoms with van der Waals surface area (Å²) in [7, 11) is 0. The molecule has 1 aromatic heterocycles. The van der Waals surface area contributed by atoms with Crippen molar-refractivity contribution >= 4 is 11.0 Å². The lowest BCUT2D eigenvalue weighted by molar-refractivity contribution is 0.283. The lowest BCUT2D eigenvalue weighted by Gasteiger charge is -2.14. The van der Waals surface area contributed by atoms with Crippen LogP contribution in [0.25, 0.3) is 11.0 Å². The fourth-order valence-corrected chi connectivity index (χ4v) is 1.99. The van der Waals surface area contributed by atoms with Crippen LogP contribution in [0.4, 0.5) is 0 Å². The summed E-state index contributed by atoms with van der Waals surface area (Å²) in [6, 6.07) is 6.13. The molecule has 5 heteroatoms. The fraction of sp³-hybridized carbons (Fsp3) is 0.462. The summed E-state index contributed by atoms with van der Waals surface area (Å²) < 4.78 is 0. The highest BCUT2D eigenvalue weighted by atomic mass is 16.2. The molecule has 0 fully saturated rings. The van der Waals surface area contributed by atoms with E-state index >= 15 is 0 Å². The van der Waals surface area contributed by atoms with E-state index in [9.17, 15) is 4.79 Å². The normalized spacial score (nSPS) is 13.0. The van der Waals surface area contributed by atoms with Gasteiger partial charge in [0.15, 0.2) is 0 Å². The number of fused-ring (bicyclic) bond motifs is 1. The van der Waals surface area contributed by atoms with Gasteiger partial charge >= 0.3 is 5.69 Å². The van der Waals surface area contributed by atoms with E-state index in [2.05, 4.69) is 22.2 Å². The highest BCUT2D eigenvalue weighted by Gasteiger charge is 2.06. The Morgan fingerprint density at radius 2 is 2.06 bits per heavy atom. The minimum absolute atomic E-state index is 0.175. The third-order valence-electron chi connectivity index (χ3n) is 3.08. The first kappa shape index (κ1) is 12.9. The van der Waals surface area contributed by atoms with E-state index in [0.29, 0.717) is 0 Å². The molecule has 1 unspecified atom stereocenters. The predicted octanol–water partition coefficient (Wildman–Crippen LogP) is 1.28. The number of unbranched alkanes of at least 4 members (excludes halogenated alkanes) is 1. The number of rotatable bonds is 6. The van der Waals surface area contributed by atoms with Crippen molar-refractivity contribution in [1.29, 1.82) is 0 Å². The zero-order chi connectivity index (χ0) is 13.0. The van der Waals surface area contributed by atoms with Crippen molar-refractivity contribution in [2.75, 3.05) is 13.2 Å². The lowest BCUT2D eigenvalue weighted by atomic mass is 10.1. The molecule has 4 N–H and O–H groups in total. The fourth-order valence-electron chi connectivity index (χ4n) is 1.99. The summed E-state index contributed by atoms with van der Waals surface area (Å²) in [5, 5.41) is 12.1. The van der Waals surface area contributed by atoms with Crippen LogP contribution in [0.5, 0.6) is 0 Å². The number of aliphatic hydroxyl groups is 1. The molecule has 0 aliphatic rings. The van der Waals surface area contributed by atoms with Gasteiger partial charge in [-0.3, -0.25) is 0 Å². The first-order valence-corrected chi connectivity index (χ1v) is 6.27. The molecule has 0 aliphatic carbocycles. The van der Waals surface area contributed by atoms with E-state index in [4.69, 9.17) is 5.11 Å². The second kappa shape index (κ2) is 5.84. The highest BCUT2D eigenvalue weighted by Crippen LogP contribution is 2.16. The molecule has 2 aromatic rings. The van der Waals surface area contributed by atoms with Crippen LogP contribution in [0.1, 0.15) is 31.4 Å².